The van der Waals surface area contributed by atoms with E-state index >= 15 is 0 Å². The molecule has 0 unspecified atom stereocenters. The zero-order chi connectivity index (χ0) is 20.8. The maximum absolute atomic E-state index is 13.6. The molecule has 29 heavy (non-hydrogen) atoms. The topological polar surface area (TPSA) is 40.6 Å². The van der Waals surface area contributed by atoms with Gasteiger partial charge in [0, 0.05) is 32.2 Å². The van der Waals surface area contributed by atoms with Gasteiger partial charge in [-0.15, -0.1) is 0 Å². The molecule has 0 bridgehead atoms. The van der Waals surface area contributed by atoms with Crippen LogP contribution in [0.4, 0.5) is 10.1 Å². The van der Waals surface area contributed by atoms with E-state index in [2.05, 4.69) is 0 Å². The molecule has 0 aromatic heterocycles. The molecule has 1 aliphatic carbocycles. The van der Waals surface area contributed by atoms with Crippen LogP contribution in [0, 0.1) is 11.7 Å². The highest BCUT2D eigenvalue weighted by atomic mass is 35.5. The Kier molecular flexibility index (Phi) is 5.62. The molecule has 1 aliphatic heterocycles. The van der Waals surface area contributed by atoms with Gasteiger partial charge in [0.1, 0.15) is 10.7 Å². The van der Waals surface area contributed by atoms with Crippen LogP contribution in [-0.2, 0) is 10.0 Å². The Morgan fingerprint density at radius 3 is 2.34 bits per heavy atom. The van der Waals surface area contributed by atoms with Gasteiger partial charge in [0.15, 0.2) is 0 Å². The quantitative estimate of drug-likeness (QED) is 0.652. The predicted octanol–water partition coefficient (Wildman–Crippen LogP) is 5.17. The number of fused-ring (bicyclic) bond motifs is 1. The van der Waals surface area contributed by atoms with Gasteiger partial charge in [0.2, 0.25) is 10.0 Å². The van der Waals surface area contributed by atoms with Gasteiger partial charge in [-0.3, -0.25) is 0 Å². The number of hydrogen-bond acceptors (Lipinski definition) is 3. The fourth-order valence-electron chi connectivity index (χ4n) is 4.69. The van der Waals surface area contributed by atoms with Crippen molar-refractivity contribution in [1.29, 1.82) is 0 Å². The molecule has 0 amide bonds. The Labute approximate surface area is 177 Å². The van der Waals surface area contributed by atoms with Gasteiger partial charge >= 0.3 is 0 Å². The van der Waals surface area contributed by atoms with E-state index in [4.69, 9.17) is 11.6 Å². The molecule has 1 atom stereocenters. The Hall–Kier alpha value is -1.63. The van der Waals surface area contributed by atoms with Crippen LogP contribution in [0.25, 0.3) is 11.1 Å². The largest absolute Gasteiger partial charge is 0.372 e. The van der Waals surface area contributed by atoms with Crippen molar-refractivity contribution < 1.29 is 12.8 Å². The van der Waals surface area contributed by atoms with E-state index in [1.807, 2.05) is 11.9 Å². The molecule has 1 heterocycles. The van der Waals surface area contributed by atoms with Crippen LogP contribution in [0.15, 0.2) is 41.3 Å². The van der Waals surface area contributed by atoms with Crippen LogP contribution >= 0.6 is 11.6 Å². The van der Waals surface area contributed by atoms with Gasteiger partial charge in [0.05, 0.1) is 10.7 Å². The second-order valence-corrected chi connectivity index (χ2v) is 10.5. The summed E-state index contributed by atoms with van der Waals surface area (Å²) in [7, 11) is -0.0592. The van der Waals surface area contributed by atoms with Crippen LogP contribution in [0.3, 0.4) is 0 Å². The number of sulfonamides is 1. The number of rotatable bonds is 2. The third-order valence-electron chi connectivity index (χ3n) is 6.39. The summed E-state index contributed by atoms with van der Waals surface area (Å²) in [6.07, 6.45) is 5.68. The smallest absolute Gasteiger partial charge is 0.245 e. The lowest BCUT2D eigenvalue weighted by Gasteiger charge is -2.36. The Morgan fingerprint density at radius 1 is 1.03 bits per heavy atom. The Morgan fingerprint density at radius 2 is 1.69 bits per heavy atom. The second-order valence-electron chi connectivity index (χ2n) is 8.17. The van der Waals surface area contributed by atoms with Crippen LogP contribution < -0.4 is 4.90 Å². The normalized spacial score (nSPS) is 22.9. The van der Waals surface area contributed by atoms with E-state index in [0.29, 0.717) is 34.3 Å². The molecule has 2 aromatic carbocycles. The summed E-state index contributed by atoms with van der Waals surface area (Å²) in [4.78, 5) is 2.26. The number of hydrogen-bond donors (Lipinski definition) is 0. The average molecular weight is 437 g/mol. The monoisotopic (exact) mass is 436 g/mol. The second kappa shape index (κ2) is 7.89. The SMILES string of the molecule is CN1C[C@@H](C2CCCCC2)N(C)S(=O)(=O)c2cc(-c3ccc(F)cc3)c(Cl)cc21. The molecule has 2 aromatic rings. The van der Waals surface area contributed by atoms with Gasteiger partial charge < -0.3 is 4.90 Å². The zero-order valence-corrected chi connectivity index (χ0v) is 18.3. The van der Waals surface area contributed by atoms with Crippen LogP contribution in [-0.4, -0.2) is 39.4 Å². The molecule has 1 saturated carbocycles. The molecule has 2 aliphatic rings. The first-order chi connectivity index (χ1) is 13.8. The number of halogens is 2. The highest BCUT2D eigenvalue weighted by Gasteiger charge is 2.39. The summed E-state index contributed by atoms with van der Waals surface area (Å²) in [5, 5.41) is 0.455. The zero-order valence-electron chi connectivity index (χ0n) is 16.7. The van der Waals surface area contributed by atoms with Crippen molar-refractivity contribution in [2.45, 2.75) is 43.0 Å². The first-order valence-corrected chi connectivity index (χ1v) is 11.9. The van der Waals surface area contributed by atoms with E-state index < -0.39 is 10.0 Å². The summed E-state index contributed by atoms with van der Waals surface area (Å²) >= 11 is 6.54. The fourth-order valence-corrected chi connectivity index (χ4v) is 6.61. The van der Waals surface area contributed by atoms with Gasteiger partial charge in [-0.2, -0.15) is 4.31 Å². The lowest BCUT2D eigenvalue weighted by atomic mass is 9.83. The fraction of sp³-hybridized carbons (Fsp3) is 0.455. The van der Waals surface area contributed by atoms with E-state index in [1.54, 1.807) is 35.6 Å². The van der Waals surface area contributed by atoms with Crippen molar-refractivity contribution in [3.8, 4) is 11.1 Å². The molecule has 0 saturated heterocycles. The van der Waals surface area contributed by atoms with Gasteiger partial charge in [0.25, 0.3) is 0 Å². The van der Waals surface area contributed by atoms with Gasteiger partial charge in [-0.1, -0.05) is 43.0 Å². The third-order valence-corrected chi connectivity index (χ3v) is 8.62. The van der Waals surface area contributed by atoms with Gasteiger partial charge in [-0.25, -0.2) is 12.8 Å². The highest BCUT2D eigenvalue weighted by molar-refractivity contribution is 7.89. The summed E-state index contributed by atoms with van der Waals surface area (Å²) in [6, 6.07) is 9.23. The summed E-state index contributed by atoms with van der Waals surface area (Å²) in [5.74, 6) is 0.0226. The van der Waals surface area contributed by atoms with Gasteiger partial charge in [-0.05, 0) is 48.6 Å². The van der Waals surface area contributed by atoms with E-state index in [1.165, 1.54) is 18.6 Å². The molecule has 1 fully saturated rings. The molecule has 0 spiro atoms. The van der Waals surface area contributed by atoms with Crippen molar-refractivity contribution in [2.24, 2.45) is 5.92 Å². The molecular formula is C22H26ClFN2O2S. The predicted molar refractivity (Wildman–Crippen MR) is 115 cm³/mol. The minimum absolute atomic E-state index is 0.0641. The Balaban J connectivity index is 1.81. The summed E-state index contributed by atoms with van der Waals surface area (Å²) < 4.78 is 42.0. The maximum atomic E-state index is 13.6. The molecule has 4 nitrogen and oxygen atoms in total. The Bertz CT molecular complexity index is 1000. The lowest BCUT2D eigenvalue weighted by Crippen LogP contribution is -2.46. The third kappa shape index (κ3) is 3.78. The van der Waals surface area contributed by atoms with Crippen LogP contribution in [0.1, 0.15) is 32.1 Å². The molecule has 7 heteroatoms. The van der Waals surface area contributed by atoms with Crippen molar-refractivity contribution in [3.05, 3.63) is 47.2 Å². The lowest BCUT2D eigenvalue weighted by molar-refractivity contribution is 0.217. The van der Waals surface area contributed by atoms with Crippen LogP contribution in [0.2, 0.25) is 5.02 Å². The van der Waals surface area contributed by atoms with Crippen molar-refractivity contribution in [1.82, 2.24) is 4.31 Å². The van der Waals surface area contributed by atoms with E-state index in [0.717, 1.165) is 25.7 Å². The van der Waals surface area contributed by atoms with Crippen molar-refractivity contribution in [2.75, 3.05) is 25.5 Å². The summed E-state index contributed by atoms with van der Waals surface area (Å²) in [6.45, 7) is 0.639. The summed E-state index contributed by atoms with van der Waals surface area (Å²) in [5.41, 5.74) is 1.89. The number of likely N-dealkylation sites (N-methyl/N-ethyl adjacent to an activating group) is 2. The van der Waals surface area contributed by atoms with Crippen LogP contribution in [0.5, 0.6) is 0 Å². The molecule has 4 rings (SSSR count). The van der Waals surface area contributed by atoms with E-state index in [9.17, 15) is 12.8 Å². The molecule has 0 radical (unpaired) electrons. The molecular weight excluding hydrogens is 411 g/mol. The first kappa shape index (κ1) is 20.6. The maximum Gasteiger partial charge on any atom is 0.245 e. The number of benzene rings is 2. The van der Waals surface area contributed by atoms with E-state index in [-0.39, 0.29) is 16.8 Å². The number of anilines is 1. The average Bonchev–Trinajstić information content (AvgIpc) is 2.78. The number of nitrogens with zero attached hydrogens (tertiary/aromatic N) is 2. The molecule has 0 N–H and O–H groups in total. The van der Waals surface area contributed by atoms with Crippen molar-refractivity contribution >= 4 is 27.3 Å². The highest BCUT2D eigenvalue weighted by Crippen LogP contribution is 2.41. The standard InChI is InChI=1S/C22H26ClFN2O2S/c1-25-14-21(16-6-4-3-5-7-16)26(2)29(27,28)22-12-18(19(23)13-20(22)25)15-8-10-17(24)11-9-15/h8-13,16,21H,3-7,14H2,1-2H3/t21-/m0/s1. The molecule has 156 valence electrons. The minimum Gasteiger partial charge on any atom is -0.372 e. The van der Waals surface area contributed by atoms with Crippen molar-refractivity contribution in [3.63, 3.8) is 0 Å². The first-order valence-electron chi connectivity index (χ1n) is 10.1. The minimum atomic E-state index is -3.69.